The molecule has 1 aliphatic rings. The standard InChI is InChI=1S/C15H21ClN2O2S/c1-5-9-13-10(7-11(16)15(9,3)4)17-14(18-13)21-8-12(19)20-6-2/h7,11H,5-6,8H2,1-4H3,(H,17,18). The summed E-state index contributed by atoms with van der Waals surface area (Å²) in [6.07, 6.45) is 2.92. The molecule has 1 atom stereocenters. The van der Waals surface area contributed by atoms with Gasteiger partial charge >= 0.3 is 5.97 Å². The van der Waals surface area contributed by atoms with Crippen molar-refractivity contribution in [3.63, 3.8) is 0 Å². The number of imidazole rings is 1. The van der Waals surface area contributed by atoms with Crippen LogP contribution in [0.5, 0.6) is 0 Å². The SMILES string of the molecule is CCOC(=O)CSc1nc2c([nH]1)=CC(Cl)C(C)(C)C=2CC. The molecular formula is C15H21ClN2O2S. The van der Waals surface area contributed by atoms with Crippen LogP contribution >= 0.6 is 23.4 Å². The number of alkyl halides is 1. The zero-order valence-electron chi connectivity index (χ0n) is 12.8. The van der Waals surface area contributed by atoms with Crippen LogP contribution in [0.4, 0.5) is 0 Å². The van der Waals surface area contributed by atoms with E-state index in [9.17, 15) is 4.79 Å². The fraction of sp³-hybridized carbons (Fsp3) is 0.600. The van der Waals surface area contributed by atoms with Crippen molar-refractivity contribution in [3.05, 3.63) is 10.7 Å². The van der Waals surface area contributed by atoms with E-state index < -0.39 is 0 Å². The molecule has 0 bridgehead atoms. The number of aromatic amines is 1. The third-order valence-corrected chi connectivity index (χ3v) is 5.28. The lowest BCUT2D eigenvalue weighted by Gasteiger charge is -2.32. The molecule has 0 saturated heterocycles. The minimum Gasteiger partial charge on any atom is -0.465 e. The van der Waals surface area contributed by atoms with Gasteiger partial charge in [-0.15, -0.1) is 11.6 Å². The second kappa shape index (κ2) is 6.44. The molecule has 2 rings (SSSR count). The van der Waals surface area contributed by atoms with E-state index in [1.807, 2.05) is 6.08 Å². The minimum atomic E-state index is -0.226. The Hall–Kier alpha value is -0.940. The quantitative estimate of drug-likeness (QED) is 0.510. The number of ether oxygens (including phenoxy) is 1. The van der Waals surface area contributed by atoms with E-state index >= 15 is 0 Å². The highest BCUT2D eigenvalue weighted by Gasteiger charge is 2.33. The Morgan fingerprint density at radius 3 is 2.86 bits per heavy atom. The van der Waals surface area contributed by atoms with E-state index in [0.717, 1.165) is 22.3 Å². The maximum atomic E-state index is 11.4. The zero-order valence-corrected chi connectivity index (χ0v) is 14.4. The van der Waals surface area contributed by atoms with E-state index in [1.165, 1.54) is 17.3 Å². The molecule has 0 fully saturated rings. The summed E-state index contributed by atoms with van der Waals surface area (Å²) in [6.45, 7) is 8.61. The van der Waals surface area contributed by atoms with Gasteiger partial charge in [0.05, 0.1) is 28.4 Å². The Kier molecular flexibility index (Phi) is 5.04. The summed E-state index contributed by atoms with van der Waals surface area (Å²) in [5.41, 5.74) is 1.14. The van der Waals surface area contributed by atoms with Crippen molar-refractivity contribution in [1.29, 1.82) is 0 Å². The summed E-state index contributed by atoms with van der Waals surface area (Å²) >= 11 is 7.84. The molecule has 0 aliphatic heterocycles. The zero-order chi connectivity index (χ0) is 15.6. The van der Waals surface area contributed by atoms with Gasteiger partial charge < -0.3 is 9.72 Å². The molecule has 1 aromatic rings. The molecule has 0 amide bonds. The number of H-pyrrole nitrogens is 1. The molecule has 4 nitrogen and oxygen atoms in total. The largest absolute Gasteiger partial charge is 0.465 e. The van der Waals surface area contributed by atoms with E-state index in [2.05, 4.69) is 30.7 Å². The van der Waals surface area contributed by atoms with Gasteiger partial charge in [-0.3, -0.25) is 4.79 Å². The lowest BCUT2D eigenvalue weighted by molar-refractivity contribution is -0.139. The molecule has 0 aromatic carbocycles. The summed E-state index contributed by atoms with van der Waals surface area (Å²) in [6, 6.07) is 0. The number of carbonyl (C=O) groups is 1. The van der Waals surface area contributed by atoms with Gasteiger partial charge in [0.2, 0.25) is 0 Å². The first-order valence-electron chi connectivity index (χ1n) is 7.14. The van der Waals surface area contributed by atoms with Crippen molar-refractivity contribution >= 4 is 41.0 Å². The molecule has 0 spiro atoms. The highest BCUT2D eigenvalue weighted by Crippen LogP contribution is 2.37. The van der Waals surface area contributed by atoms with Crippen LogP contribution in [0.25, 0.3) is 11.6 Å². The Morgan fingerprint density at radius 1 is 1.52 bits per heavy atom. The maximum Gasteiger partial charge on any atom is 0.316 e. The molecule has 116 valence electrons. The number of rotatable bonds is 5. The van der Waals surface area contributed by atoms with Crippen LogP contribution in [-0.4, -0.2) is 33.7 Å². The number of nitrogens with zero attached hydrogens (tertiary/aromatic N) is 1. The number of carbonyl (C=O) groups excluding carboxylic acids is 1. The summed E-state index contributed by atoms with van der Waals surface area (Å²) in [5, 5.41) is 2.60. The van der Waals surface area contributed by atoms with Crippen LogP contribution in [0.1, 0.15) is 34.1 Å². The first-order chi connectivity index (χ1) is 9.90. The van der Waals surface area contributed by atoms with Crippen LogP contribution in [0.2, 0.25) is 0 Å². The lowest BCUT2D eigenvalue weighted by atomic mass is 9.77. The minimum absolute atomic E-state index is 0.0664. The van der Waals surface area contributed by atoms with Gasteiger partial charge in [0, 0.05) is 5.41 Å². The number of aromatic nitrogens is 2. The second-order valence-corrected chi connectivity index (χ2v) is 6.95. The van der Waals surface area contributed by atoms with Crippen molar-refractivity contribution in [2.24, 2.45) is 5.41 Å². The number of nitrogens with one attached hydrogen (secondary N) is 1. The molecule has 1 heterocycles. The van der Waals surface area contributed by atoms with Gasteiger partial charge in [-0.1, -0.05) is 32.5 Å². The number of fused-ring (bicyclic) bond motifs is 1. The van der Waals surface area contributed by atoms with Gasteiger partial charge in [0.25, 0.3) is 0 Å². The third kappa shape index (κ3) is 3.29. The molecule has 1 N–H and O–H groups in total. The summed E-state index contributed by atoms with van der Waals surface area (Å²) < 4.78 is 4.92. The number of hydrogen-bond donors (Lipinski definition) is 1. The highest BCUT2D eigenvalue weighted by molar-refractivity contribution is 7.99. The fourth-order valence-corrected chi connectivity index (χ4v) is 3.50. The summed E-state index contributed by atoms with van der Waals surface area (Å²) in [4.78, 5) is 19.3. The summed E-state index contributed by atoms with van der Waals surface area (Å²) in [5.74, 6) is 0.0335. The number of halogens is 1. The summed E-state index contributed by atoms with van der Waals surface area (Å²) in [7, 11) is 0. The molecule has 6 heteroatoms. The average Bonchev–Trinajstić information content (AvgIpc) is 2.80. The van der Waals surface area contributed by atoms with Crippen molar-refractivity contribution in [2.45, 2.75) is 44.6 Å². The molecule has 1 aliphatic carbocycles. The van der Waals surface area contributed by atoms with E-state index in [4.69, 9.17) is 16.3 Å². The van der Waals surface area contributed by atoms with Crippen LogP contribution < -0.4 is 10.7 Å². The van der Waals surface area contributed by atoms with Gasteiger partial charge in [0.1, 0.15) is 0 Å². The third-order valence-electron chi connectivity index (χ3n) is 3.76. The molecule has 1 unspecified atom stereocenters. The highest BCUT2D eigenvalue weighted by atomic mass is 35.5. The van der Waals surface area contributed by atoms with Crippen LogP contribution in [0.3, 0.4) is 0 Å². The Morgan fingerprint density at radius 2 is 2.24 bits per heavy atom. The van der Waals surface area contributed by atoms with E-state index in [0.29, 0.717) is 6.61 Å². The molecule has 0 radical (unpaired) electrons. The average molecular weight is 329 g/mol. The molecular weight excluding hydrogens is 308 g/mol. The monoisotopic (exact) mass is 328 g/mol. The van der Waals surface area contributed by atoms with Crippen molar-refractivity contribution < 1.29 is 9.53 Å². The van der Waals surface area contributed by atoms with Gasteiger partial charge in [-0.25, -0.2) is 4.98 Å². The topological polar surface area (TPSA) is 55.0 Å². The second-order valence-electron chi connectivity index (χ2n) is 5.52. The Labute approximate surface area is 134 Å². The first kappa shape index (κ1) is 16.4. The van der Waals surface area contributed by atoms with Crippen molar-refractivity contribution in [3.8, 4) is 0 Å². The van der Waals surface area contributed by atoms with Crippen molar-refractivity contribution in [1.82, 2.24) is 9.97 Å². The predicted molar refractivity (Wildman–Crippen MR) is 86.8 cm³/mol. The fourth-order valence-electron chi connectivity index (χ4n) is 2.56. The Balaban J connectivity index is 2.32. The smallest absolute Gasteiger partial charge is 0.316 e. The van der Waals surface area contributed by atoms with Crippen LogP contribution in [0, 0.1) is 5.41 Å². The van der Waals surface area contributed by atoms with E-state index in [1.54, 1.807) is 6.92 Å². The number of hydrogen-bond acceptors (Lipinski definition) is 4. The van der Waals surface area contributed by atoms with Crippen LogP contribution in [0.15, 0.2) is 5.16 Å². The molecule has 21 heavy (non-hydrogen) atoms. The maximum absolute atomic E-state index is 11.4. The molecule has 0 saturated carbocycles. The first-order valence-corrected chi connectivity index (χ1v) is 8.56. The number of esters is 1. The normalized spacial score (nSPS) is 19.9. The van der Waals surface area contributed by atoms with Crippen molar-refractivity contribution in [2.75, 3.05) is 12.4 Å². The van der Waals surface area contributed by atoms with Crippen LogP contribution in [-0.2, 0) is 9.53 Å². The van der Waals surface area contributed by atoms with E-state index in [-0.39, 0.29) is 22.5 Å². The van der Waals surface area contributed by atoms with Gasteiger partial charge in [-0.05, 0) is 25.0 Å². The van der Waals surface area contributed by atoms with Gasteiger partial charge in [0.15, 0.2) is 5.16 Å². The molecule has 1 aromatic heterocycles. The Bertz CT molecular complexity index is 651. The van der Waals surface area contributed by atoms with Gasteiger partial charge in [-0.2, -0.15) is 0 Å². The predicted octanol–water partition coefficient (Wildman–Crippen LogP) is 2.05. The lowest BCUT2D eigenvalue weighted by Crippen LogP contribution is -2.41. The number of thioether (sulfide) groups is 1.